The van der Waals surface area contributed by atoms with Crippen LogP contribution in [0.2, 0.25) is 0 Å². The van der Waals surface area contributed by atoms with Crippen LogP contribution < -0.4 is 15.4 Å². The predicted octanol–water partition coefficient (Wildman–Crippen LogP) is 2.82. The van der Waals surface area contributed by atoms with Crippen molar-refractivity contribution in [2.24, 2.45) is 14.1 Å². The van der Waals surface area contributed by atoms with Gasteiger partial charge in [0.25, 0.3) is 0 Å². The lowest BCUT2D eigenvalue weighted by Crippen LogP contribution is -2.09. The van der Waals surface area contributed by atoms with Gasteiger partial charge in [0.2, 0.25) is 5.95 Å². The smallest absolute Gasteiger partial charge is 0.341 e. The fourth-order valence-corrected chi connectivity index (χ4v) is 3.38. The summed E-state index contributed by atoms with van der Waals surface area (Å²) in [6.45, 7) is 3.78. The Bertz CT molecular complexity index is 1340. The Hall–Kier alpha value is -4.48. The number of aromatic carboxylic acids is 1. The van der Waals surface area contributed by atoms with Crippen molar-refractivity contribution in [2.45, 2.75) is 13.8 Å². The van der Waals surface area contributed by atoms with Gasteiger partial charge >= 0.3 is 5.97 Å². The number of hydrogen-bond acceptors (Lipinski definition) is 9. The summed E-state index contributed by atoms with van der Waals surface area (Å²) in [6.07, 6.45) is 2.83. The molecule has 3 heterocycles. The number of nitrogens with one attached hydrogen (secondary N) is 2. The van der Waals surface area contributed by atoms with E-state index in [2.05, 4.69) is 35.8 Å². The van der Waals surface area contributed by atoms with Crippen molar-refractivity contribution in [2.75, 3.05) is 17.7 Å². The Kier molecular flexibility index (Phi) is 5.65. The first kappa shape index (κ1) is 21.7. The van der Waals surface area contributed by atoms with E-state index in [1.165, 1.54) is 13.3 Å². The molecule has 0 saturated carbocycles. The molecule has 0 unspecified atom stereocenters. The molecule has 0 aliphatic heterocycles. The zero-order valence-corrected chi connectivity index (χ0v) is 18.8. The minimum atomic E-state index is -1.17. The van der Waals surface area contributed by atoms with Crippen LogP contribution in [0.1, 0.15) is 21.7 Å². The van der Waals surface area contributed by atoms with E-state index in [0.29, 0.717) is 22.8 Å². The Morgan fingerprint density at radius 1 is 1.12 bits per heavy atom. The second-order valence-electron chi connectivity index (χ2n) is 7.31. The number of aryl methyl sites for hydroxylation is 3. The molecule has 0 aliphatic carbocycles. The van der Waals surface area contributed by atoms with E-state index in [4.69, 9.17) is 4.74 Å². The number of rotatable bonds is 7. The standard InChI is InChI=1S/C21H23N9O3/c1-11-16(12(2)30(4)27-11)25-21-22-9-14(20(31)32)19(26-21)24-15-8-6-7-13(17(15)33-5)18-23-10-29(3)28-18/h6-10H,1-5H3,(H,31,32)(H2,22,24,25,26). The number of benzene rings is 1. The number of methoxy groups -OCH3 is 1. The summed E-state index contributed by atoms with van der Waals surface area (Å²) in [5, 5.41) is 24.6. The van der Waals surface area contributed by atoms with Crippen molar-refractivity contribution in [1.82, 2.24) is 34.5 Å². The second-order valence-corrected chi connectivity index (χ2v) is 7.31. The SMILES string of the molecule is COc1c(Nc2nc(Nc3c(C)nn(C)c3C)ncc2C(=O)O)cccc1-c1ncn(C)n1. The number of anilines is 4. The lowest BCUT2D eigenvalue weighted by Gasteiger charge is -2.15. The fraction of sp³-hybridized carbons (Fsp3) is 0.238. The zero-order chi connectivity index (χ0) is 23.7. The molecule has 4 aromatic rings. The third-order valence-corrected chi connectivity index (χ3v) is 5.08. The van der Waals surface area contributed by atoms with Gasteiger partial charge in [0, 0.05) is 20.3 Å². The van der Waals surface area contributed by atoms with E-state index in [1.54, 1.807) is 34.9 Å². The summed E-state index contributed by atoms with van der Waals surface area (Å²) in [5.74, 6) is 0.0854. The summed E-state index contributed by atoms with van der Waals surface area (Å²) in [7, 11) is 5.13. The maximum absolute atomic E-state index is 11.8. The van der Waals surface area contributed by atoms with Crippen LogP contribution in [0.5, 0.6) is 5.75 Å². The minimum Gasteiger partial charge on any atom is -0.494 e. The van der Waals surface area contributed by atoms with Crippen molar-refractivity contribution < 1.29 is 14.6 Å². The average molecular weight is 449 g/mol. The van der Waals surface area contributed by atoms with Crippen LogP contribution in [0.3, 0.4) is 0 Å². The molecule has 3 N–H and O–H groups in total. The lowest BCUT2D eigenvalue weighted by atomic mass is 10.1. The van der Waals surface area contributed by atoms with Gasteiger partial charge in [-0.2, -0.15) is 15.2 Å². The maximum atomic E-state index is 11.8. The van der Waals surface area contributed by atoms with E-state index in [-0.39, 0.29) is 17.3 Å². The van der Waals surface area contributed by atoms with Crippen LogP contribution in [0.25, 0.3) is 11.4 Å². The summed E-state index contributed by atoms with van der Waals surface area (Å²) in [4.78, 5) is 24.7. The Morgan fingerprint density at radius 2 is 1.91 bits per heavy atom. The zero-order valence-electron chi connectivity index (χ0n) is 18.8. The number of carboxylic acid groups (broad SMARTS) is 1. The number of hydrogen-bond donors (Lipinski definition) is 3. The number of para-hydroxylation sites is 1. The molecule has 0 atom stereocenters. The van der Waals surface area contributed by atoms with Crippen molar-refractivity contribution in [3.8, 4) is 17.1 Å². The number of carboxylic acids is 1. The molecule has 12 nitrogen and oxygen atoms in total. The highest BCUT2D eigenvalue weighted by molar-refractivity contribution is 5.94. The molecule has 4 rings (SSSR count). The molecule has 170 valence electrons. The van der Waals surface area contributed by atoms with Gasteiger partial charge in [0.15, 0.2) is 17.4 Å². The van der Waals surface area contributed by atoms with Gasteiger partial charge in [-0.3, -0.25) is 9.36 Å². The largest absolute Gasteiger partial charge is 0.494 e. The van der Waals surface area contributed by atoms with E-state index >= 15 is 0 Å². The Balaban J connectivity index is 1.74. The highest BCUT2D eigenvalue weighted by atomic mass is 16.5. The van der Waals surface area contributed by atoms with E-state index in [0.717, 1.165) is 17.1 Å². The molecule has 0 amide bonds. The molecule has 33 heavy (non-hydrogen) atoms. The topological polar surface area (TPSA) is 145 Å². The third kappa shape index (κ3) is 4.18. The molecule has 3 aromatic heterocycles. The third-order valence-electron chi connectivity index (χ3n) is 5.08. The van der Waals surface area contributed by atoms with Crippen LogP contribution in [0.15, 0.2) is 30.7 Å². The van der Waals surface area contributed by atoms with Crippen molar-refractivity contribution in [3.63, 3.8) is 0 Å². The fourth-order valence-electron chi connectivity index (χ4n) is 3.38. The van der Waals surface area contributed by atoms with E-state index in [9.17, 15) is 9.90 Å². The molecule has 0 saturated heterocycles. The van der Waals surface area contributed by atoms with Crippen molar-refractivity contribution >= 4 is 29.1 Å². The molecule has 0 bridgehead atoms. The second kappa shape index (κ2) is 8.57. The van der Waals surface area contributed by atoms with Gasteiger partial charge in [-0.1, -0.05) is 6.07 Å². The van der Waals surface area contributed by atoms with Gasteiger partial charge in [-0.25, -0.2) is 14.8 Å². The van der Waals surface area contributed by atoms with Crippen LogP contribution in [0.4, 0.5) is 23.1 Å². The molecule has 1 aromatic carbocycles. The van der Waals surface area contributed by atoms with E-state index < -0.39 is 5.97 Å². The Morgan fingerprint density at radius 3 is 2.52 bits per heavy atom. The molecule has 0 spiro atoms. The molecular formula is C21H23N9O3. The number of aromatic nitrogens is 7. The normalized spacial score (nSPS) is 10.8. The van der Waals surface area contributed by atoms with Crippen LogP contribution in [-0.4, -0.2) is 52.7 Å². The highest BCUT2D eigenvalue weighted by Gasteiger charge is 2.19. The van der Waals surface area contributed by atoms with Gasteiger partial charge in [-0.15, -0.1) is 0 Å². The van der Waals surface area contributed by atoms with Crippen LogP contribution in [0, 0.1) is 13.8 Å². The average Bonchev–Trinajstić information content (AvgIpc) is 3.31. The molecule has 12 heteroatoms. The van der Waals surface area contributed by atoms with Gasteiger partial charge < -0.3 is 20.5 Å². The first-order valence-corrected chi connectivity index (χ1v) is 9.96. The molecule has 0 aliphatic rings. The number of carbonyl (C=O) groups is 1. The van der Waals surface area contributed by atoms with Gasteiger partial charge in [-0.05, 0) is 26.0 Å². The predicted molar refractivity (Wildman–Crippen MR) is 121 cm³/mol. The summed E-state index contributed by atoms with van der Waals surface area (Å²) in [6, 6.07) is 5.36. The lowest BCUT2D eigenvalue weighted by molar-refractivity contribution is 0.0697. The van der Waals surface area contributed by atoms with Gasteiger partial charge in [0.1, 0.15) is 11.9 Å². The molecular weight excluding hydrogens is 426 g/mol. The molecule has 0 radical (unpaired) electrons. The van der Waals surface area contributed by atoms with Crippen molar-refractivity contribution in [1.29, 1.82) is 0 Å². The Labute approximate surface area is 189 Å². The van der Waals surface area contributed by atoms with Crippen LogP contribution in [-0.2, 0) is 14.1 Å². The van der Waals surface area contributed by atoms with Crippen molar-refractivity contribution in [3.05, 3.63) is 47.7 Å². The maximum Gasteiger partial charge on any atom is 0.341 e. The molecule has 0 fully saturated rings. The summed E-state index contributed by atoms with van der Waals surface area (Å²) in [5.41, 5.74) is 3.48. The van der Waals surface area contributed by atoms with E-state index in [1.807, 2.05) is 27.0 Å². The number of nitrogens with zero attached hydrogens (tertiary/aromatic N) is 7. The first-order chi connectivity index (χ1) is 15.8. The monoisotopic (exact) mass is 449 g/mol. The highest BCUT2D eigenvalue weighted by Crippen LogP contribution is 2.36. The summed E-state index contributed by atoms with van der Waals surface area (Å²) >= 11 is 0. The number of ether oxygens (including phenoxy) is 1. The minimum absolute atomic E-state index is 0.0939. The summed E-state index contributed by atoms with van der Waals surface area (Å²) < 4.78 is 8.93. The first-order valence-electron chi connectivity index (χ1n) is 9.96. The van der Waals surface area contributed by atoms with Crippen LogP contribution >= 0.6 is 0 Å². The van der Waals surface area contributed by atoms with Gasteiger partial charge in [0.05, 0.1) is 35.4 Å². The quantitative estimate of drug-likeness (QED) is 0.385.